The van der Waals surface area contributed by atoms with Crippen LogP contribution in [0.2, 0.25) is 0 Å². The predicted molar refractivity (Wildman–Crippen MR) is 148 cm³/mol. The van der Waals surface area contributed by atoms with E-state index in [2.05, 4.69) is 20.7 Å². The van der Waals surface area contributed by atoms with Gasteiger partial charge in [0.1, 0.15) is 5.75 Å². The molecular formula is C26H24N6O7S. The molecule has 1 aromatic heterocycles. The zero-order valence-electron chi connectivity index (χ0n) is 21.6. The first-order valence-corrected chi connectivity index (χ1v) is 12.6. The van der Waals surface area contributed by atoms with Crippen LogP contribution in [-0.4, -0.2) is 64.0 Å². The number of nitrogens with one attached hydrogen (secondary N) is 1. The van der Waals surface area contributed by atoms with Crippen molar-refractivity contribution < 1.29 is 29.0 Å². The van der Waals surface area contributed by atoms with E-state index in [-0.39, 0.29) is 22.8 Å². The van der Waals surface area contributed by atoms with Crippen molar-refractivity contribution in [1.82, 2.24) is 20.2 Å². The zero-order chi connectivity index (χ0) is 28.6. The molecule has 0 aliphatic heterocycles. The van der Waals surface area contributed by atoms with Crippen molar-refractivity contribution in [3.8, 4) is 40.1 Å². The number of nitro benzene ring substituents is 1. The summed E-state index contributed by atoms with van der Waals surface area (Å²) in [5.74, 6) is 1.05. The third-order valence-electron chi connectivity index (χ3n) is 5.52. The Morgan fingerprint density at radius 1 is 1.07 bits per heavy atom. The average Bonchev–Trinajstić information content (AvgIpc) is 3.40. The van der Waals surface area contributed by atoms with Crippen molar-refractivity contribution >= 4 is 29.6 Å². The van der Waals surface area contributed by atoms with Gasteiger partial charge in [-0.15, -0.1) is 10.2 Å². The third-order valence-corrected chi connectivity index (χ3v) is 6.45. The molecule has 14 heteroatoms. The van der Waals surface area contributed by atoms with E-state index in [9.17, 15) is 20.0 Å². The average molecular weight is 565 g/mol. The number of aromatic nitrogens is 3. The summed E-state index contributed by atoms with van der Waals surface area (Å²) in [5, 5.41) is 33.8. The van der Waals surface area contributed by atoms with Crippen molar-refractivity contribution in [2.45, 2.75) is 5.16 Å². The Labute approximate surface area is 232 Å². The lowest BCUT2D eigenvalue weighted by Crippen LogP contribution is -2.20. The Bertz CT molecular complexity index is 1530. The summed E-state index contributed by atoms with van der Waals surface area (Å²) in [5.41, 5.74) is 3.61. The second-order valence-corrected chi connectivity index (χ2v) is 8.92. The van der Waals surface area contributed by atoms with Crippen LogP contribution in [0.5, 0.6) is 23.0 Å². The fraction of sp³-hybridized carbons (Fsp3) is 0.154. The summed E-state index contributed by atoms with van der Waals surface area (Å²) in [7, 11) is 4.56. The molecule has 0 atom stereocenters. The summed E-state index contributed by atoms with van der Waals surface area (Å²) in [6.45, 7) is 0. The molecule has 0 fully saturated rings. The minimum Gasteiger partial charge on any atom is -0.507 e. The molecule has 0 aliphatic carbocycles. The van der Waals surface area contributed by atoms with Gasteiger partial charge in [0.15, 0.2) is 22.5 Å². The van der Waals surface area contributed by atoms with Gasteiger partial charge in [0, 0.05) is 28.9 Å². The number of nitrogens with zero attached hydrogens (tertiary/aromatic N) is 5. The van der Waals surface area contributed by atoms with Crippen LogP contribution in [0.15, 0.2) is 70.9 Å². The van der Waals surface area contributed by atoms with Gasteiger partial charge in [-0.25, -0.2) is 5.43 Å². The molecule has 0 bridgehead atoms. The number of phenols is 1. The van der Waals surface area contributed by atoms with Gasteiger partial charge in [0.2, 0.25) is 5.75 Å². The lowest BCUT2D eigenvalue weighted by Gasteiger charge is -2.15. The molecule has 40 heavy (non-hydrogen) atoms. The Balaban J connectivity index is 1.57. The number of non-ortho nitro benzene ring substituents is 1. The number of carbonyl (C=O) groups is 1. The van der Waals surface area contributed by atoms with Gasteiger partial charge < -0.3 is 19.3 Å². The van der Waals surface area contributed by atoms with E-state index in [4.69, 9.17) is 14.2 Å². The largest absolute Gasteiger partial charge is 0.507 e. The number of methoxy groups -OCH3 is 3. The highest BCUT2D eigenvalue weighted by molar-refractivity contribution is 7.99. The van der Waals surface area contributed by atoms with Gasteiger partial charge in [-0.1, -0.05) is 30.0 Å². The summed E-state index contributed by atoms with van der Waals surface area (Å²) in [4.78, 5) is 22.9. The van der Waals surface area contributed by atoms with Crippen LogP contribution in [0.3, 0.4) is 0 Å². The van der Waals surface area contributed by atoms with E-state index >= 15 is 0 Å². The van der Waals surface area contributed by atoms with E-state index in [0.29, 0.717) is 33.8 Å². The van der Waals surface area contributed by atoms with E-state index in [1.54, 1.807) is 16.7 Å². The number of rotatable bonds is 11. The first-order chi connectivity index (χ1) is 19.4. The standard InChI is InChI=1S/C26H24N6O7S/c1-37-21-12-16(13-22(38-2)24(21)39-3)25-29-30-26(31(25)18-7-5-4-6-8-18)40-15-23(34)28-27-14-17-11-19(32(35)36)9-10-20(17)33/h4-14,33H,15H2,1-3H3,(H,28,34)/b27-14+. The Morgan fingerprint density at radius 2 is 1.77 bits per heavy atom. The summed E-state index contributed by atoms with van der Waals surface area (Å²) >= 11 is 1.13. The van der Waals surface area contributed by atoms with Crippen LogP contribution in [0, 0.1) is 10.1 Å². The fourth-order valence-corrected chi connectivity index (χ4v) is 4.41. The monoisotopic (exact) mass is 564 g/mol. The number of aromatic hydroxyl groups is 1. The molecule has 0 radical (unpaired) electrons. The molecule has 206 valence electrons. The number of nitro groups is 1. The van der Waals surface area contributed by atoms with Gasteiger partial charge in [-0.3, -0.25) is 19.5 Å². The van der Waals surface area contributed by atoms with Crippen LogP contribution >= 0.6 is 11.8 Å². The highest BCUT2D eigenvalue weighted by atomic mass is 32.2. The van der Waals surface area contributed by atoms with Gasteiger partial charge in [0.05, 0.1) is 38.2 Å². The fourth-order valence-electron chi connectivity index (χ4n) is 3.67. The van der Waals surface area contributed by atoms with Gasteiger partial charge in [-0.05, 0) is 30.3 Å². The minimum absolute atomic E-state index is 0.0710. The van der Waals surface area contributed by atoms with E-state index in [1.165, 1.54) is 27.4 Å². The van der Waals surface area contributed by atoms with E-state index in [0.717, 1.165) is 35.8 Å². The highest BCUT2D eigenvalue weighted by Gasteiger charge is 2.21. The molecule has 0 saturated heterocycles. The molecule has 0 saturated carbocycles. The quantitative estimate of drug-likeness (QED) is 0.118. The zero-order valence-corrected chi connectivity index (χ0v) is 22.4. The Morgan fingerprint density at radius 3 is 2.40 bits per heavy atom. The Hall–Kier alpha value is -5.11. The van der Waals surface area contributed by atoms with Crippen LogP contribution in [-0.2, 0) is 4.79 Å². The van der Waals surface area contributed by atoms with Crippen LogP contribution in [0.1, 0.15) is 5.56 Å². The first kappa shape index (κ1) is 27.9. The number of carbonyl (C=O) groups excluding carboxylic acids is 1. The second kappa shape index (κ2) is 12.6. The SMILES string of the molecule is COc1cc(-c2nnc(SCC(=O)N/N=C/c3cc([N+](=O)[O-])ccc3O)n2-c2ccccc2)cc(OC)c1OC. The molecule has 0 aliphatic rings. The van der Waals surface area contributed by atoms with E-state index < -0.39 is 10.8 Å². The molecule has 0 unspecified atom stereocenters. The normalized spacial score (nSPS) is 10.9. The number of hydrogen-bond donors (Lipinski definition) is 2. The number of phenolic OH excluding ortho intramolecular Hbond substituents is 1. The van der Waals surface area contributed by atoms with Crippen LogP contribution < -0.4 is 19.6 Å². The molecule has 0 spiro atoms. The number of thioether (sulfide) groups is 1. The molecular weight excluding hydrogens is 540 g/mol. The highest BCUT2D eigenvalue weighted by Crippen LogP contribution is 2.41. The minimum atomic E-state index is -0.596. The van der Waals surface area contributed by atoms with Crippen molar-refractivity contribution in [3.63, 3.8) is 0 Å². The molecule has 2 N–H and O–H groups in total. The van der Waals surface area contributed by atoms with Gasteiger partial charge in [0.25, 0.3) is 11.6 Å². The van der Waals surface area contributed by atoms with Crippen molar-refractivity contribution in [1.29, 1.82) is 0 Å². The number of para-hydroxylation sites is 1. The number of amides is 1. The smallest absolute Gasteiger partial charge is 0.270 e. The lowest BCUT2D eigenvalue weighted by molar-refractivity contribution is -0.384. The number of hydrogen-bond acceptors (Lipinski definition) is 11. The van der Waals surface area contributed by atoms with Crippen LogP contribution in [0.4, 0.5) is 5.69 Å². The molecule has 4 rings (SSSR count). The first-order valence-electron chi connectivity index (χ1n) is 11.6. The van der Waals surface area contributed by atoms with Gasteiger partial charge >= 0.3 is 0 Å². The second-order valence-electron chi connectivity index (χ2n) is 7.97. The molecule has 1 amide bonds. The number of ether oxygens (including phenoxy) is 3. The Kier molecular flexibility index (Phi) is 8.81. The number of hydrazone groups is 1. The van der Waals surface area contributed by atoms with Crippen LogP contribution in [0.25, 0.3) is 17.1 Å². The maximum Gasteiger partial charge on any atom is 0.270 e. The predicted octanol–water partition coefficient (Wildman–Crippen LogP) is 3.82. The number of benzene rings is 3. The summed E-state index contributed by atoms with van der Waals surface area (Å²) in [6, 6.07) is 16.4. The van der Waals surface area contributed by atoms with Crippen molar-refractivity contribution in [3.05, 3.63) is 76.3 Å². The molecule has 1 heterocycles. The molecule has 3 aromatic carbocycles. The lowest BCUT2D eigenvalue weighted by atomic mass is 10.1. The topological polar surface area (TPSA) is 163 Å². The molecule has 4 aromatic rings. The van der Waals surface area contributed by atoms with E-state index in [1.807, 2.05) is 30.3 Å². The van der Waals surface area contributed by atoms with Gasteiger partial charge in [-0.2, -0.15) is 5.10 Å². The van der Waals surface area contributed by atoms with Crippen molar-refractivity contribution in [2.24, 2.45) is 5.10 Å². The summed E-state index contributed by atoms with van der Waals surface area (Å²) < 4.78 is 18.2. The van der Waals surface area contributed by atoms with Crippen molar-refractivity contribution in [2.75, 3.05) is 27.1 Å². The summed E-state index contributed by atoms with van der Waals surface area (Å²) in [6.07, 6.45) is 1.12. The molecule has 13 nitrogen and oxygen atoms in total. The maximum absolute atomic E-state index is 12.5. The third kappa shape index (κ3) is 6.13. The maximum atomic E-state index is 12.5.